The Morgan fingerprint density at radius 3 is 2.21 bits per heavy atom. The molecule has 28 heavy (non-hydrogen) atoms. The molecule has 1 heterocycles. The van der Waals surface area contributed by atoms with Crippen molar-refractivity contribution in [3.63, 3.8) is 0 Å². The molecule has 1 saturated heterocycles. The van der Waals surface area contributed by atoms with E-state index in [4.69, 9.17) is 0 Å². The van der Waals surface area contributed by atoms with Crippen LogP contribution in [-0.4, -0.2) is 70.9 Å². The van der Waals surface area contributed by atoms with E-state index in [9.17, 15) is 13.2 Å². The van der Waals surface area contributed by atoms with E-state index < -0.39 is 10.2 Å². The van der Waals surface area contributed by atoms with Gasteiger partial charge in [-0.05, 0) is 55.5 Å². The van der Waals surface area contributed by atoms with Crippen LogP contribution in [0.4, 0.5) is 5.69 Å². The minimum atomic E-state index is -3.54. The van der Waals surface area contributed by atoms with Crippen LogP contribution in [0.5, 0.6) is 0 Å². The molecule has 1 aromatic rings. The standard InChI is InChI=1S/C20H34N4O3S/c1-16-13-17(2)15-24(14-16)12-6-11-21-20(25)18-7-9-19(10-8-18)23(5)28(26,27)22(3)4/h7-10,16-17H,6,11-15H2,1-5H3,(H,21,25)/t16-,17-/m1/s1. The molecule has 1 N–H and O–H groups in total. The summed E-state index contributed by atoms with van der Waals surface area (Å²) in [6, 6.07) is 6.60. The van der Waals surface area contributed by atoms with Gasteiger partial charge >= 0.3 is 10.2 Å². The van der Waals surface area contributed by atoms with Gasteiger partial charge < -0.3 is 10.2 Å². The summed E-state index contributed by atoms with van der Waals surface area (Å²) < 4.78 is 26.7. The summed E-state index contributed by atoms with van der Waals surface area (Å²) in [5.74, 6) is 1.35. The molecule has 0 bridgehead atoms. The smallest absolute Gasteiger partial charge is 0.303 e. The van der Waals surface area contributed by atoms with Crippen molar-refractivity contribution in [3.8, 4) is 0 Å². The van der Waals surface area contributed by atoms with Crippen molar-refractivity contribution in [2.75, 3.05) is 51.6 Å². The molecule has 7 nitrogen and oxygen atoms in total. The van der Waals surface area contributed by atoms with Crippen LogP contribution in [0.15, 0.2) is 24.3 Å². The monoisotopic (exact) mass is 410 g/mol. The molecule has 0 spiro atoms. The zero-order chi connectivity index (χ0) is 20.9. The topological polar surface area (TPSA) is 73.0 Å². The van der Waals surface area contributed by atoms with Crippen molar-refractivity contribution in [2.45, 2.75) is 26.7 Å². The maximum atomic E-state index is 12.3. The third kappa shape index (κ3) is 5.93. The van der Waals surface area contributed by atoms with E-state index in [0.717, 1.165) is 42.2 Å². The molecule has 0 unspecified atom stereocenters. The third-order valence-corrected chi connectivity index (χ3v) is 7.01. The summed E-state index contributed by atoms with van der Waals surface area (Å²) in [5.41, 5.74) is 1.04. The Balaban J connectivity index is 1.81. The zero-order valence-electron chi connectivity index (χ0n) is 17.7. The van der Waals surface area contributed by atoms with E-state index in [2.05, 4.69) is 24.1 Å². The van der Waals surface area contributed by atoms with Gasteiger partial charge in [-0.15, -0.1) is 0 Å². The molecule has 0 saturated carbocycles. The maximum Gasteiger partial charge on any atom is 0.303 e. The Morgan fingerprint density at radius 2 is 1.68 bits per heavy atom. The lowest BCUT2D eigenvalue weighted by Crippen LogP contribution is -2.40. The van der Waals surface area contributed by atoms with E-state index in [-0.39, 0.29) is 5.91 Å². The second-order valence-corrected chi connectivity index (χ2v) is 10.3. The zero-order valence-corrected chi connectivity index (χ0v) is 18.5. The summed E-state index contributed by atoms with van der Waals surface area (Å²) in [6.45, 7) is 8.52. The fraction of sp³-hybridized carbons (Fsp3) is 0.650. The molecule has 0 radical (unpaired) electrons. The molecule has 1 aliphatic rings. The van der Waals surface area contributed by atoms with Crippen LogP contribution in [0.3, 0.4) is 0 Å². The van der Waals surface area contributed by atoms with Gasteiger partial charge in [-0.25, -0.2) is 0 Å². The minimum absolute atomic E-state index is 0.134. The Hall–Kier alpha value is -1.64. The fourth-order valence-electron chi connectivity index (χ4n) is 3.78. The second kappa shape index (κ2) is 9.71. The molecule has 2 atom stereocenters. The summed E-state index contributed by atoms with van der Waals surface area (Å²) in [5, 5.41) is 2.95. The first kappa shape index (κ1) is 22.6. The van der Waals surface area contributed by atoms with Crippen LogP contribution in [0, 0.1) is 11.8 Å². The molecular formula is C20H34N4O3S. The van der Waals surface area contributed by atoms with Crippen LogP contribution in [0.1, 0.15) is 37.0 Å². The summed E-state index contributed by atoms with van der Waals surface area (Å²) >= 11 is 0. The van der Waals surface area contributed by atoms with E-state index >= 15 is 0 Å². The van der Waals surface area contributed by atoms with Gasteiger partial charge in [0.05, 0.1) is 5.69 Å². The maximum absolute atomic E-state index is 12.3. The first-order valence-electron chi connectivity index (χ1n) is 9.88. The summed E-state index contributed by atoms with van der Waals surface area (Å²) in [4.78, 5) is 14.8. The van der Waals surface area contributed by atoms with Crippen LogP contribution in [0.2, 0.25) is 0 Å². The third-order valence-electron chi connectivity index (χ3n) is 5.18. The molecular weight excluding hydrogens is 376 g/mol. The molecule has 158 valence electrons. The Morgan fingerprint density at radius 1 is 1.11 bits per heavy atom. The minimum Gasteiger partial charge on any atom is -0.352 e. The Bertz CT molecular complexity index is 739. The quantitative estimate of drug-likeness (QED) is 0.666. The number of likely N-dealkylation sites (tertiary alicyclic amines) is 1. The Kier molecular flexibility index (Phi) is 7.86. The van der Waals surface area contributed by atoms with Crippen molar-refractivity contribution in [3.05, 3.63) is 29.8 Å². The number of piperidine rings is 1. The molecule has 8 heteroatoms. The van der Waals surface area contributed by atoms with Gasteiger partial charge in [-0.2, -0.15) is 12.7 Å². The Labute approximate surface area is 169 Å². The predicted molar refractivity (Wildman–Crippen MR) is 114 cm³/mol. The van der Waals surface area contributed by atoms with Crippen LogP contribution >= 0.6 is 0 Å². The molecule has 1 aliphatic heterocycles. The van der Waals surface area contributed by atoms with Gasteiger partial charge in [0, 0.05) is 46.3 Å². The molecule has 0 aromatic heterocycles. The number of hydrogen-bond acceptors (Lipinski definition) is 4. The lowest BCUT2D eigenvalue weighted by Gasteiger charge is -2.34. The van der Waals surface area contributed by atoms with Crippen molar-refractivity contribution in [2.24, 2.45) is 11.8 Å². The number of anilines is 1. The highest BCUT2D eigenvalue weighted by Crippen LogP contribution is 2.21. The number of nitrogens with one attached hydrogen (secondary N) is 1. The number of carbonyl (C=O) groups excluding carboxylic acids is 1. The predicted octanol–water partition coefficient (Wildman–Crippen LogP) is 2.03. The van der Waals surface area contributed by atoms with Crippen molar-refractivity contribution < 1.29 is 13.2 Å². The highest BCUT2D eigenvalue weighted by Gasteiger charge is 2.22. The van der Waals surface area contributed by atoms with E-state index in [1.807, 2.05) is 0 Å². The summed E-state index contributed by atoms with van der Waals surface area (Å²) in [7, 11) is 0.925. The number of hydrogen-bond donors (Lipinski definition) is 1. The number of amides is 1. The van der Waals surface area contributed by atoms with Gasteiger partial charge in [0.15, 0.2) is 0 Å². The largest absolute Gasteiger partial charge is 0.352 e. The van der Waals surface area contributed by atoms with E-state index in [1.54, 1.807) is 24.3 Å². The molecule has 1 amide bonds. The van der Waals surface area contributed by atoms with Gasteiger partial charge in [0.25, 0.3) is 5.91 Å². The van der Waals surface area contributed by atoms with Crippen LogP contribution < -0.4 is 9.62 Å². The van der Waals surface area contributed by atoms with Gasteiger partial charge in [-0.3, -0.25) is 9.10 Å². The average molecular weight is 411 g/mol. The molecule has 1 aromatic carbocycles. The van der Waals surface area contributed by atoms with E-state index in [1.165, 1.54) is 31.9 Å². The van der Waals surface area contributed by atoms with Crippen molar-refractivity contribution in [1.29, 1.82) is 0 Å². The van der Waals surface area contributed by atoms with Crippen LogP contribution in [0.25, 0.3) is 0 Å². The highest BCUT2D eigenvalue weighted by atomic mass is 32.2. The molecule has 1 fully saturated rings. The normalized spacial score (nSPS) is 20.9. The van der Waals surface area contributed by atoms with Crippen molar-refractivity contribution in [1.82, 2.24) is 14.5 Å². The summed E-state index contributed by atoms with van der Waals surface area (Å²) in [6.07, 6.45) is 2.22. The van der Waals surface area contributed by atoms with Crippen molar-refractivity contribution >= 4 is 21.8 Å². The fourth-order valence-corrected chi connectivity index (χ4v) is 4.66. The lowest BCUT2D eigenvalue weighted by molar-refractivity contribution is 0.0947. The van der Waals surface area contributed by atoms with Gasteiger partial charge in [0.2, 0.25) is 0 Å². The van der Waals surface area contributed by atoms with E-state index in [0.29, 0.717) is 17.8 Å². The molecule has 2 rings (SSSR count). The SMILES string of the molecule is C[C@@H]1C[C@@H](C)CN(CCCNC(=O)c2ccc(N(C)S(=O)(=O)N(C)C)cc2)C1. The highest BCUT2D eigenvalue weighted by molar-refractivity contribution is 7.90. The van der Waals surface area contributed by atoms with Gasteiger partial charge in [0.1, 0.15) is 0 Å². The van der Waals surface area contributed by atoms with Gasteiger partial charge in [-0.1, -0.05) is 13.8 Å². The number of nitrogens with zero attached hydrogens (tertiary/aromatic N) is 3. The number of rotatable bonds is 8. The lowest BCUT2D eigenvalue weighted by atomic mass is 9.92. The average Bonchev–Trinajstić information content (AvgIpc) is 2.63. The second-order valence-electron chi connectivity index (χ2n) is 8.12. The molecule has 0 aliphatic carbocycles. The first-order chi connectivity index (χ1) is 13.1. The van der Waals surface area contributed by atoms with Crippen LogP contribution in [-0.2, 0) is 10.2 Å². The number of carbonyl (C=O) groups is 1. The first-order valence-corrected chi connectivity index (χ1v) is 11.3. The number of benzene rings is 1.